The number of hydrogen-bond donors (Lipinski definition) is 3. The highest BCUT2D eigenvalue weighted by Gasteiger charge is 2.19. The first-order chi connectivity index (χ1) is 13.9. The number of Topliss-reactive ketones (excluding diaryl/α,β-unsaturated/α-hetero) is 1. The van der Waals surface area contributed by atoms with E-state index in [0.717, 1.165) is 35.0 Å². The summed E-state index contributed by atoms with van der Waals surface area (Å²) >= 11 is 0. The molecule has 0 aliphatic carbocycles. The van der Waals surface area contributed by atoms with Gasteiger partial charge in [0.15, 0.2) is 11.7 Å². The molecule has 0 saturated carbocycles. The molecular weight excluding hydrogens is 364 g/mol. The molecular formula is C23H28N4O2. The van der Waals surface area contributed by atoms with E-state index in [-0.39, 0.29) is 11.7 Å². The number of aromatic hydroxyl groups is 1. The van der Waals surface area contributed by atoms with E-state index in [1.807, 2.05) is 50.5 Å². The molecule has 0 radical (unpaired) electrons. The molecule has 6 nitrogen and oxygen atoms in total. The van der Waals surface area contributed by atoms with E-state index in [9.17, 15) is 9.90 Å². The standard InChI is InChI=1S/C23H28N4O2/c1-15(28)18-9-10-20-19(13-18)21(23(29)26-20)22(25-11-4-12-27(2)3)17-7-5-16(14-24)6-8-17/h5-10,13,26,29H,4,11-12,14,24H2,1-3H3. The maximum atomic E-state index is 11.9. The third-order valence-electron chi connectivity index (χ3n) is 4.92. The maximum Gasteiger partial charge on any atom is 0.199 e. The molecule has 6 heteroatoms. The van der Waals surface area contributed by atoms with Crippen LogP contribution in [0.5, 0.6) is 5.88 Å². The molecule has 0 aliphatic heterocycles. The van der Waals surface area contributed by atoms with Crippen LogP contribution in [-0.2, 0) is 6.54 Å². The average molecular weight is 393 g/mol. The summed E-state index contributed by atoms with van der Waals surface area (Å²) < 4.78 is 0. The van der Waals surface area contributed by atoms with Gasteiger partial charge in [0.1, 0.15) is 0 Å². The molecule has 3 rings (SSSR count). The van der Waals surface area contributed by atoms with Crippen LogP contribution in [0.1, 0.15) is 40.4 Å². The number of hydrogen-bond acceptors (Lipinski definition) is 5. The first-order valence-corrected chi connectivity index (χ1v) is 9.75. The van der Waals surface area contributed by atoms with Crippen molar-refractivity contribution in [2.75, 3.05) is 27.2 Å². The minimum atomic E-state index is -0.0182. The van der Waals surface area contributed by atoms with E-state index in [1.165, 1.54) is 6.92 Å². The molecule has 0 saturated heterocycles. The fraction of sp³-hybridized carbons (Fsp3) is 0.304. The van der Waals surface area contributed by atoms with Crippen molar-refractivity contribution in [1.82, 2.24) is 9.88 Å². The van der Waals surface area contributed by atoms with Gasteiger partial charge in [0.05, 0.1) is 11.3 Å². The Morgan fingerprint density at radius 3 is 2.45 bits per heavy atom. The molecule has 29 heavy (non-hydrogen) atoms. The Hall–Kier alpha value is -2.96. The number of fused-ring (bicyclic) bond motifs is 1. The lowest BCUT2D eigenvalue weighted by Gasteiger charge is -2.11. The van der Waals surface area contributed by atoms with E-state index in [1.54, 1.807) is 6.07 Å². The Morgan fingerprint density at radius 1 is 1.14 bits per heavy atom. The zero-order valence-corrected chi connectivity index (χ0v) is 17.2. The Morgan fingerprint density at radius 2 is 1.83 bits per heavy atom. The van der Waals surface area contributed by atoms with Gasteiger partial charge < -0.3 is 20.7 Å². The lowest BCUT2D eigenvalue weighted by atomic mass is 9.98. The lowest BCUT2D eigenvalue weighted by Crippen LogP contribution is -2.14. The number of carbonyl (C=O) groups excluding carboxylic acids is 1. The number of nitrogens with zero attached hydrogens (tertiary/aromatic N) is 2. The van der Waals surface area contributed by atoms with Gasteiger partial charge >= 0.3 is 0 Å². The molecule has 0 spiro atoms. The summed E-state index contributed by atoms with van der Waals surface area (Å²) in [6.45, 7) is 3.56. The lowest BCUT2D eigenvalue weighted by molar-refractivity contribution is 0.101. The van der Waals surface area contributed by atoms with Crippen molar-refractivity contribution in [2.24, 2.45) is 10.7 Å². The van der Waals surface area contributed by atoms with E-state index >= 15 is 0 Å². The molecule has 152 valence electrons. The van der Waals surface area contributed by atoms with Gasteiger partial charge in [0.2, 0.25) is 0 Å². The van der Waals surface area contributed by atoms with Crippen molar-refractivity contribution in [3.8, 4) is 5.88 Å². The van der Waals surface area contributed by atoms with Crippen LogP contribution >= 0.6 is 0 Å². The summed E-state index contributed by atoms with van der Waals surface area (Å²) in [5.41, 5.74) is 10.3. The van der Waals surface area contributed by atoms with Gasteiger partial charge in [-0.05, 0) is 57.7 Å². The first kappa shape index (κ1) is 20.8. The number of nitrogens with two attached hydrogens (primary N) is 1. The highest BCUT2D eigenvalue weighted by atomic mass is 16.3. The predicted octanol–water partition coefficient (Wildman–Crippen LogP) is 3.32. The number of carbonyl (C=O) groups is 1. The maximum absolute atomic E-state index is 11.9. The van der Waals surface area contributed by atoms with Gasteiger partial charge in [-0.15, -0.1) is 0 Å². The van der Waals surface area contributed by atoms with Crippen LogP contribution < -0.4 is 5.73 Å². The molecule has 3 aromatic rings. The van der Waals surface area contributed by atoms with Gasteiger partial charge in [-0.2, -0.15) is 0 Å². The Bertz CT molecular complexity index is 1030. The molecule has 1 aromatic heterocycles. The zero-order valence-electron chi connectivity index (χ0n) is 17.2. The van der Waals surface area contributed by atoms with Gasteiger partial charge in [-0.3, -0.25) is 9.79 Å². The summed E-state index contributed by atoms with van der Waals surface area (Å²) in [6, 6.07) is 13.3. The fourth-order valence-corrected chi connectivity index (χ4v) is 3.33. The summed E-state index contributed by atoms with van der Waals surface area (Å²) in [5.74, 6) is 0.0327. The molecule has 1 heterocycles. The monoisotopic (exact) mass is 392 g/mol. The van der Waals surface area contributed by atoms with Gasteiger partial charge in [-0.1, -0.05) is 24.3 Å². The zero-order chi connectivity index (χ0) is 21.0. The average Bonchev–Trinajstić information content (AvgIpc) is 3.03. The van der Waals surface area contributed by atoms with Crippen molar-refractivity contribution < 1.29 is 9.90 Å². The number of nitrogens with one attached hydrogen (secondary N) is 1. The minimum Gasteiger partial charge on any atom is -0.494 e. The van der Waals surface area contributed by atoms with Crippen molar-refractivity contribution in [3.63, 3.8) is 0 Å². The van der Waals surface area contributed by atoms with Gasteiger partial charge in [0.25, 0.3) is 0 Å². The van der Waals surface area contributed by atoms with Crippen LogP contribution in [0.4, 0.5) is 0 Å². The van der Waals surface area contributed by atoms with Crippen molar-refractivity contribution in [2.45, 2.75) is 19.9 Å². The number of aromatic nitrogens is 1. The number of ketones is 1. The van der Waals surface area contributed by atoms with Gasteiger partial charge in [0, 0.05) is 35.1 Å². The molecule has 2 aromatic carbocycles. The topological polar surface area (TPSA) is 94.7 Å². The third-order valence-corrected chi connectivity index (χ3v) is 4.92. The van der Waals surface area contributed by atoms with Crippen LogP contribution in [0.15, 0.2) is 47.5 Å². The Labute approximate surface area is 171 Å². The molecule has 4 N–H and O–H groups in total. The van der Waals surface area contributed by atoms with E-state index < -0.39 is 0 Å². The molecule has 0 amide bonds. The number of aromatic amines is 1. The molecule has 0 bridgehead atoms. The largest absolute Gasteiger partial charge is 0.494 e. The second-order valence-corrected chi connectivity index (χ2v) is 7.45. The summed E-state index contributed by atoms with van der Waals surface area (Å²) in [4.78, 5) is 21.8. The van der Waals surface area contributed by atoms with Crippen LogP contribution in [0.3, 0.4) is 0 Å². The quantitative estimate of drug-likeness (QED) is 0.311. The SMILES string of the molecule is CC(=O)c1ccc2[nH]c(O)c(C(=NCCCN(C)C)c3ccc(CN)cc3)c2c1. The molecule has 0 aliphatic rings. The second-order valence-electron chi connectivity index (χ2n) is 7.45. The first-order valence-electron chi connectivity index (χ1n) is 9.75. The second kappa shape index (κ2) is 9.03. The van der Waals surface area contributed by atoms with Crippen LogP contribution in [0.2, 0.25) is 0 Å². The van der Waals surface area contributed by atoms with Crippen LogP contribution in [0, 0.1) is 0 Å². The normalized spacial score (nSPS) is 12.1. The molecule has 0 unspecified atom stereocenters. The Kier molecular flexibility index (Phi) is 6.46. The van der Waals surface area contributed by atoms with E-state index in [4.69, 9.17) is 10.7 Å². The Balaban J connectivity index is 2.11. The summed E-state index contributed by atoms with van der Waals surface area (Å²) in [6.07, 6.45) is 0.902. The van der Waals surface area contributed by atoms with Crippen molar-refractivity contribution >= 4 is 22.4 Å². The molecule has 0 fully saturated rings. The number of H-pyrrole nitrogens is 1. The highest BCUT2D eigenvalue weighted by Crippen LogP contribution is 2.31. The van der Waals surface area contributed by atoms with Crippen molar-refractivity contribution in [1.29, 1.82) is 0 Å². The minimum absolute atomic E-state index is 0.0182. The fourth-order valence-electron chi connectivity index (χ4n) is 3.33. The van der Waals surface area contributed by atoms with Crippen LogP contribution in [0.25, 0.3) is 10.9 Å². The highest BCUT2D eigenvalue weighted by molar-refractivity contribution is 6.21. The number of aliphatic imine (C=N–C) groups is 1. The van der Waals surface area contributed by atoms with Gasteiger partial charge in [-0.25, -0.2) is 0 Å². The van der Waals surface area contributed by atoms with E-state index in [2.05, 4.69) is 9.88 Å². The molecule has 0 atom stereocenters. The number of rotatable bonds is 8. The predicted molar refractivity (Wildman–Crippen MR) is 118 cm³/mol. The summed E-state index contributed by atoms with van der Waals surface area (Å²) in [5, 5.41) is 11.5. The smallest absolute Gasteiger partial charge is 0.199 e. The summed E-state index contributed by atoms with van der Waals surface area (Å²) in [7, 11) is 4.07. The van der Waals surface area contributed by atoms with Crippen molar-refractivity contribution in [3.05, 3.63) is 64.7 Å². The van der Waals surface area contributed by atoms with E-state index in [0.29, 0.717) is 29.9 Å². The third kappa shape index (κ3) is 4.72. The van der Waals surface area contributed by atoms with Crippen LogP contribution in [-0.4, -0.2) is 53.7 Å². The number of benzene rings is 2.